The molecule has 294 valence electrons. The summed E-state index contributed by atoms with van der Waals surface area (Å²) in [5.74, 6) is 2.83. The highest BCUT2D eigenvalue weighted by Gasteiger charge is 2.28. The number of benzene rings is 3. The minimum Gasteiger partial charge on any atom is -0.493 e. The van der Waals surface area contributed by atoms with E-state index in [2.05, 4.69) is 15.1 Å². The van der Waals surface area contributed by atoms with Crippen molar-refractivity contribution in [1.29, 1.82) is 0 Å². The van der Waals surface area contributed by atoms with Crippen LogP contribution in [-0.2, 0) is 11.3 Å². The third-order valence-electron chi connectivity index (χ3n) is 9.74. The van der Waals surface area contributed by atoms with Crippen molar-refractivity contribution in [2.24, 2.45) is 0 Å². The Morgan fingerprint density at radius 3 is 2.30 bits per heavy atom. The van der Waals surface area contributed by atoms with Crippen LogP contribution in [-0.4, -0.2) is 115 Å². The second kappa shape index (κ2) is 18.4. The van der Waals surface area contributed by atoms with Gasteiger partial charge in [0, 0.05) is 49.8 Å². The average molecular weight is 758 g/mol. The first-order valence-corrected chi connectivity index (χ1v) is 17.9. The lowest BCUT2D eigenvalue weighted by molar-refractivity contribution is -0.174. The topological polar surface area (TPSA) is 109 Å². The molecule has 3 aromatic carbocycles. The highest BCUT2D eigenvalue weighted by atomic mass is 19.4. The maximum atomic E-state index is 13.7. The van der Waals surface area contributed by atoms with E-state index in [9.17, 15) is 18.0 Å². The third-order valence-corrected chi connectivity index (χ3v) is 9.74. The minimum atomic E-state index is -4.38. The van der Waals surface area contributed by atoms with E-state index in [1.807, 2.05) is 47.0 Å². The number of rotatable bonds is 17. The number of ether oxygens (including phenoxy) is 6. The standard InChI is InChI=1S/C39H50F3N5O7/c1-26-29(23-34(51-4)36(53-6)35(26)52-5)37(48)43-24-28(27-12-13-32(49-2)33(22-27)50-3)14-17-45-15-9-16-46(19-18-45)38-44-30-10-7-8-11-31(30)47(38)20-21-54-25-39(40,41)42/h7-8,10-13,22-23,28H,9,14-21,24-25H2,1-6H3,(H,43,48). The number of amides is 1. The summed E-state index contributed by atoms with van der Waals surface area (Å²) in [6, 6.07) is 15.1. The number of halogens is 3. The molecule has 0 spiro atoms. The summed E-state index contributed by atoms with van der Waals surface area (Å²) in [7, 11) is 7.74. The van der Waals surface area contributed by atoms with Gasteiger partial charge < -0.3 is 48.1 Å². The number of hydrogen-bond acceptors (Lipinski definition) is 10. The van der Waals surface area contributed by atoms with Gasteiger partial charge in [-0.05, 0) is 68.8 Å². The van der Waals surface area contributed by atoms with E-state index < -0.39 is 12.8 Å². The molecule has 1 aliphatic heterocycles. The van der Waals surface area contributed by atoms with Gasteiger partial charge in [0.1, 0.15) is 6.61 Å². The number of nitrogens with zero attached hydrogens (tertiary/aromatic N) is 4. The third kappa shape index (κ3) is 9.61. The summed E-state index contributed by atoms with van der Waals surface area (Å²) in [6.45, 7) is 4.83. The highest BCUT2D eigenvalue weighted by Crippen LogP contribution is 2.41. The van der Waals surface area contributed by atoms with Gasteiger partial charge in [0.2, 0.25) is 11.7 Å². The first-order valence-electron chi connectivity index (χ1n) is 17.9. The number of anilines is 1. The summed E-state index contributed by atoms with van der Waals surface area (Å²) >= 11 is 0. The molecule has 1 aliphatic rings. The van der Waals surface area contributed by atoms with Crippen molar-refractivity contribution >= 4 is 22.9 Å². The average Bonchev–Trinajstić information content (AvgIpc) is 3.37. The SMILES string of the molecule is COc1ccc(C(CCN2CCCN(c3nc4ccccc4n3CCOCC(F)(F)F)CC2)CNC(=O)c2cc(OC)c(OC)c(OC)c2C)cc1OC. The van der Waals surface area contributed by atoms with Crippen LogP contribution in [0.2, 0.25) is 0 Å². The van der Waals surface area contributed by atoms with Crippen LogP contribution in [0.1, 0.15) is 40.2 Å². The lowest BCUT2D eigenvalue weighted by Crippen LogP contribution is -2.34. The predicted octanol–water partition coefficient (Wildman–Crippen LogP) is 6.08. The smallest absolute Gasteiger partial charge is 0.411 e. The molecule has 5 rings (SSSR count). The number of fused-ring (bicyclic) bond motifs is 1. The van der Waals surface area contributed by atoms with Gasteiger partial charge in [-0.1, -0.05) is 18.2 Å². The molecular formula is C39H50F3N5O7. The van der Waals surface area contributed by atoms with E-state index in [1.54, 1.807) is 27.2 Å². The quantitative estimate of drug-likeness (QED) is 0.127. The maximum Gasteiger partial charge on any atom is 0.411 e. The van der Waals surface area contributed by atoms with Gasteiger partial charge in [-0.25, -0.2) is 4.98 Å². The molecule has 1 atom stereocenters. The zero-order valence-corrected chi connectivity index (χ0v) is 31.8. The predicted molar refractivity (Wildman–Crippen MR) is 200 cm³/mol. The zero-order valence-electron chi connectivity index (χ0n) is 31.8. The van der Waals surface area contributed by atoms with Crippen LogP contribution in [0.4, 0.5) is 19.1 Å². The van der Waals surface area contributed by atoms with Crippen LogP contribution in [0, 0.1) is 6.92 Å². The van der Waals surface area contributed by atoms with Crippen molar-refractivity contribution in [2.45, 2.75) is 38.4 Å². The number of aromatic nitrogens is 2. The lowest BCUT2D eigenvalue weighted by Gasteiger charge is -2.26. The van der Waals surface area contributed by atoms with Gasteiger partial charge in [0.25, 0.3) is 5.91 Å². The van der Waals surface area contributed by atoms with Gasteiger partial charge in [0.15, 0.2) is 23.0 Å². The summed E-state index contributed by atoms with van der Waals surface area (Å²) in [5, 5.41) is 3.15. The Hall–Kier alpha value is -4.89. The molecule has 1 N–H and O–H groups in total. The zero-order chi connectivity index (χ0) is 38.8. The Morgan fingerprint density at radius 1 is 0.852 bits per heavy atom. The van der Waals surface area contributed by atoms with Crippen LogP contribution in [0.25, 0.3) is 11.0 Å². The Kier molecular flexibility index (Phi) is 13.8. The van der Waals surface area contributed by atoms with E-state index in [0.717, 1.165) is 61.6 Å². The maximum absolute atomic E-state index is 13.7. The Balaban J connectivity index is 1.30. The summed E-state index contributed by atoms with van der Waals surface area (Å²) < 4.78 is 72.8. The monoisotopic (exact) mass is 757 g/mol. The summed E-state index contributed by atoms with van der Waals surface area (Å²) in [6.07, 6.45) is -2.78. The van der Waals surface area contributed by atoms with Crippen molar-refractivity contribution in [1.82, 2.24) is 19.8 Å². The molecule has 15 heteroatoms. The Bertz CT molecular complexity index is 1870. The molecule has 0 radical (unpaired) electrons. The van der Waals surface area contributed by atoms with E-state index in [-0.39, 0.29) is 25.0 Å². The summed E-state index contributed by atoms with van der Waals surface area (Å²) in [5.41, 5.74) is 3.68. The number of hydrogen-bond donors (Lipinski definition) is 1. The number of para-hydroxylation sites is 2. The second-order valence-electron chi connectivity index (χ2n) is 13.0. The molecule has 1 unspecified atom stereocenters. The number of nitrogens with one attached hydrogen (secondary N) is 1. The molecule has 12 nitrogen and oxygen atoms in total. The number of imidazole rings is 1. The Morgan fingerprint density at radius 2 is 1.59 bits per heavy atom. The van der Waals surface area contributed by atoms with Gasteiger partial charge in [-0.15, -0.1) is 0 Å². The fourth-order valence-electron chi connectivity index (χ4n) is 6.94. The van der Waals surface area contributed by atoms with Crippen molar-refractivity contribution in [2.75, 3.05) is 92.9 Å². The van der Waals surface area contributed by atoms with Gasteiger partial charge in [0.05, 0.1) is 53.2 Å². The van der Waals surface area contributed by atoms with Crippen molar-refractivity contribution < 1.29 is 46.4 Å². The van der Waals surface area contributed by atoms with Crippen LogP contribution in [0.15, 0.2) is 48.5 Å². The molecular weight excluding hydrogens is 707 g/mol. The molecule has 0 aliphatic carbocycles. The van der Waals surface area contributed by atoms with Gasteiger partial charge in [-0.2, -0.15) is 13.2 Å². The van der Waals surface area contributed by atoms with E-state index in [4.69, 9.17) is 33.4 Å². The molecule has 1 fully saturated rings. The van der Waals surface area contributed by atoms with Crippen molar-refractivity contribution in [3.05, 3.63) is 65.2 Å². The number of methoxy groups -OCH3 is 5. The minimum absolute atomic E-state index is 0.0728. The van der Waals surface area contributed by atoms with E-state index >= 15 is 0 Å². The van der Waals surface area contributed by atoms with E-state index in [1.165, 1.54) is 21.3 Å². The van der Waals surface area contributed by atoms with Crippen LogP contribution >= 0.6 is 0 Å². The molecule has 4 aromatic rings. The van der Waals surface area contributed by atoms with Gasteiger partial charge in [-0.3, -0.25) is 4.79 Å². The lowest BCUT2D eigenvalue weighted by atomic mass is 9.94. The molecule has 0 bridgehead atoms. The van der Waals surface area contributed by atoms with Gasteiger partial charge >= 0.3 is 6.18 Å². The normalized spacial score (nSPS) is 14.4. The number of carbonyl (C=O) groups excluding carboxylic acids is 1. The first kappa shape index (κ1) is 40.3. The van der Waals surface area contributed by atoms with Crippen molar-refractivity contribution in [3.8, 4) is 28.7 Å². The Labute approximate surface area is 314 Å². The molecule has 2 heterocycles. The van der Waals surface area contributed by atoms with Crippen LogP contribution in [0.3, 0.4) is 0 Å². The first-order chi connectivity index (χ1) is 26.0. The molecule has 1 amide bonds. The molecule has 1 saturated heterocycles. The number of carbonyl (C=O) groups is 1. The highest BCUT2D eigenvalue weighted by molar-refractivity contribution is 5.97. The number of alkyl halides is 3. The second-order valence-corrected chi connectivity index (χ2v) is 13.0. The van der Waals surface area contributed by atoms with Crippen LogP contribution in [0.5, 0.6) is 28.7 Å². The fraction of sp³-hybridized carbons (Fsp3) is 0.487. The molecule has 1 aromatic heterocycles. The molecule has 0 saturated carbocycles. The van der Waals surface area contributed by atoms with Crippen LogP contribution < -0.4 is 33.9 Å². The molecule has 54 heavy (non-hydrogen) atoms. The summed E-state index contributed by atoms with van der Waals surface area (Å²) in [4.78, 5) is 23.2. The fourth-order valence-corrected chi connectivity index (χ4v) is 6.94. The largest absolute Gasteiger partial charge is 0.493 e. The van der Waals surface area contributed by atoms with E-state index in [0.29, 0.717) is 53.0 Å². The van der Waals surface area contributed by atoms with Crippen molar-refractivity contribution in [3.63, 3.8) is 0 Å².